The summed E-state index contributed by atoms with van der Waals surface area (Å²) in [5, 5.41) is 2.23. The molecule has 0 bridgehead atoms. The second-order valence-corrected chi connectivity index (χ2v) is 4.37. The molecular weight excluding hydrogens is 281 g/mol. The lowest BCUT2D eigenvalue weighted by Crippen LogP contribution is -2.17. The fraction of sp³-hybridized carbons (Fsp3) is 0.133. The number of nitrogens with one attached hydrogen (secondary N) is 1. The molecule has 1 amide bonds. The van der Waals surface area contributed by atoms with Crippen LogP contribution in [0.5, 0.6) is 0 Å². The molecule has 2 aromatic rings. The number of hydrogen-bond donors (Lipinski definition) is 2. The molecule has 0 fully saturated rings. The van der Waals surface area contributed by atoms with Crippen molar-refractivity contribution in [3.63, 3.8) is 0 Å². The monoisotopic (exact) mass is 294 g/mol. The Morgan fingerprint density at radius 1 is 1.05 bits per heavy atom. The number of rotatable bonds is 4. The summed E-state index contributed by atoms with van der Waals surface area (Å²) >= 11 is 0. The van der Waals surface area contributed by atoms with Gasteiger partial charge in [-0.3, -0.25) is 4.79 Å². The molecule has 110 valence electrons. The molecule has 0 unspecified atom stereocenters. The molecule has 2 aromatic carbocycles. The smallest absolute Gasteiger partial charge is 0.256 e. The molecule has 2 rings (SSSR count). The Balaban J connectivity index is 2.29. The van der Waals surface area contributed by atoms with E-state index in [1.54, 1.807) is 24.3 Å². The van der Waals surface area contributed by atoms with Gasteiger partial charge in [-0.1, -0.05) is 18.2 Å². The van der Waals surface area contributed by atoms with Crippen LogP contribution in [0, 0.1) is 17.5 Å². The van der Waals surface area contributed by atoms with E-state index in [4.69, 9.17) is 5.73 Å². The Morgan fingerprint density at radius 3 is 2.48 bits per heavy atom. The summed E-state index contributed by atoms with van der Waals surface area (Å²) in [5.74, 6) is -4.97. The van der Waals surface area contributed by atoms with Crippen molar-refractivity contribution in [2.24, 2.45) is 5.73 Å². The van der Waals surface area contributed by atoms with Gasteiger partial charge in [0.1, 0.15) is 0 Å². The summed E-state index contributed by atoms with van der Waals surface area (Å²) < 4.78 is 39.5. The summed E-state index contributed by atoms with van der Waals surface area (Å²) in [6.45, 7) is 0.351. The van der Waals surface area contributed by atoms with Crippen LogP contribution >= 0.6 is 0 Å². The van der Waals surface area contributed by atoms with E-state index in [1.807, 2.05) is 0 Å². The molecule has 0 aromatic heterocycles. The van der Waals surface area contributed by atoms with Gasteiger partial charge in [0.2, 0.25) is 0 Å². The van der Waals surface area contributed by atoms with Crippen LogP contribution in [0.3, 0.4) is 0 Å². The molecule has 21 heavy (non-hydrogen) atoms. The Kier molecular flexibility index (Phi) is 4.59. The van der Waals surface area contributed by atoms with Crippen molar-refractivity contribution in [2.75, 3.05) is 11.9 Å². The summed E-state index contributed by atoms with van der Waals surface area (Å²) in [5.41, 5.74) is 6.05. The third-order valence-corrected chi connectivity index (χ3v) is 2.96. The first-order valence-corrected chi connectivity index (χ1v) is 6.27. The standard InChI is InChI=1S/C15H13F3N2O/c16-11-5-6-12(14(18)13(11)17)20-15(21)10-4-2-1-3-9(10)7-8-19/h1-6H,7-8,19H2,(H,20,21). The quantitative estimate of drug-likeness (QED) is 0.852. The molecule has 0 aliphatic carbocycles. The Morgan fingerprint density at radius 2 is 1.76 bits per heavy atom. The topological polar surface area (TPSA) is 55.1 Å². The molecule has 0 spiro atoms. The lowest BCUT2D eigenvalue weighted by Gasteiger charge is -2.10. The summed E-state index contributed by atoms with van der Waals surface area (Å²) in [4.78, 5) is 12.1. The van der Waals surface area contributed by atoms with Crippen LogP contribution in [0.25, 0.3) is 0 Å². The minimum atomic E-state index is -1.62. The van der Waals surface area contributed by atoms with Gasteiger partial charge in [0, 0.05) is 5.56 Å². The van der Waals surface area contributed by atoms with Crippen LogP contribution in [0.1, 0.15) is 15.9 Å². The number of hydrogen-bond acceptors (Lipinski definition) is 2. The number of benzene rings is 2. The van der Waals surface area contributed by atoms with Crippen molar-refractivity contribution in [3.05, 3.63) is 65.0 Å². The first-order valence-electron chi connectivity index (χ1n) is 6.27. The predicted molar refractivity (Wildman–Crippen MR) is 73.5 cm³/mol. The van der Waals surface area contributed by atoms with Crippen LogP contribution in [0.15, 0.2) is 36.4 Å². The normalized spacial score (nSPS) is 10.5. The Bertz CT molecular complexity index is 674. The van der Waals surface area contributed by atoms with Crippen molar-refractivity contribution in [3.8, 4) is 0 Å². The van der Waals surface area contributed by atoms with Gasteiger partial charge < -0.3 is 11.1 Å². The van der Waals surface area contributed by atoms with Crippen LogP contribution in [0.4, 0.5) is 18.9 Å². The van der Waals surface area contributed by atoms with Gasteiger partial charge in [0.15, 0.2) is 17.5 Å². The average molecular weight is 294 g/mol. The van der Waals surface area contributed by atoms with Crippen LogP contribution in [-0.2, 0) is 6.42 Å². The highest BCUT2D eigenvalue weighted by atomic mass is 19.2. The molecule has 0 saturated heterocycles. The largest absolute Gasteiger partial charge is 0.330 e. The van der Waals surface area contributed by atoms with Gasteiger partial charge >= 0.3 is 0 Å². The number of anilines is 1. The second kappa shape index (κ2) is 6.41. The zero-order chi connectivity index (χ0) is 15.4. The lowest BCUT2D eigenvalue weighted by atomic mass is 10.0. The highest BCUT2D eigenvalue weighted by molar-refractivity contribution is 6.05. The molecule has 0 aliphatic heterocycles. The maximum absolute atomic E-state index is 13.5. The van der Waals surface area contributed by atoms with Crippen LogP contribution in [-0.4, -0.2) is 12.5 Å². The van der Waals surface area contributed by atoms with Crippen molar-refractivity contribution in [2.45, 2.75) is 6.42 Å². The zero-order valence-corrected chi connectivity index (χ0v) is 11.0. The molecule has 0 radical (unpaired) electrons. The molecule has 0 atom stereocenters. The van der Waals surface area contributed by atoms with E-state index in [0.717, 1.165) is 12.1 Å². The van der Waals surface area contributed by atoms with Gasteiger partial charge in [0.25, 0.3) is 5.91 Å². The van der Waals surface area contributed by atoms with E-state index in [-0.39, 0.29) is 0 Å². The molecule has 0 heterocycles. The number of carbonyl (C=O) groups excluding carboxylic acids is 1. The maximum Gasteiger partial charge on any atom is 0.256 e. The van der Waals surface area contributed by atoms with Crippen LogP contribution in [0.2, 0.25) is 0 Å². The van der Waals surface area contributed by atoms with Gasteiger partial charge in [-0.05, 0) is 36.7 Å². The van der Waals surface area contributed by atoms with E-state index >= 15 is 0 Å². The molecule has 3 nitrogen and oxygen atoms in total. The fourth-order valence-electron chi connectivity index (χ4n) is 1.93. The SMILES string of the molecule is NCCc1ccccc1C(=O)Nc1ccc(F)c(F)c1F. The zero-order valence-electron chi connectivity index (χ0n) is 11.0. The van der Waals surface area contributed by atoms with Crippen molar-refractivity contribution in [1.29, 1.82) is 0 Å². The van der Waals surface area contributed by atoms with E-state index in [2.05, 4.69) is 5.32 Å². The lowest BCUT2D eigenvalue weighted by molar-refractivity contribution is 0.102. The van der Waals surface area contributed by atoms with E-state index in [0.29, 0.717) is 24.1 Å². The number of amides is 1. The minimum absolute atomic E-state index is 0.312. The van der Waals surface area contributed by atoms with E-state index in [1.165, 1.54) is 0 Å². The average Bonchev–Trinajstić information content (AvgIpc) is 2.49. The predicted octanol–water partition coefficient (Wildman–Crippen LogP) is 2.86. The maximum atomic E-state index is 13.5. The van der Waals surface area contributed by atoms with Crippen molar-refractivity contribution >= 4 is 11.6 Å². The fourth-order valence-corrected chi connectivity index (χ4v) is 1.93. The van der Waals surface area contributed by atoms with Crippen molar-refractivity contribution < 1.29 is 18.0 Å². The van der Waals surface area contributed by atoms with Crippen molar-refractivity contribution in [1.82, 2.24) is 0 Å². The Labute approximate surface area is 119 Å². The Hall–Kier alpha value is -2.34. The number of nitrogens with two attached hydrogens (primary N) is 1. The van der Waals surface area contributed by atoms with Gasteiger partial charge in [-0.2, -0.15) is 0 Å². The van der Waals surface area contributed by atoms with E-state index in [9.17, 15) is 18.0 Å². The van der Waals surface area contributed by atoms with Gasteiger partial charge in [-0.25, -0.2) is 13.2 Å². The highest BCUT2D eigenvalue weighted by Gasteiger charge is 2.17. The first kappa shape index (κ1) is 15.1. The minimum Gasteiger partial charge on any atom is -0.330 e. The molecular formula is C15H13F3N2O. The number of carbonyl (C=O) groups is 1. The molecule has 0 aliphatic rings. The number of halogens is 3. The molecule has 3 N–H and O–H groups in total. The third-order valence-electron chi connectivity index (χ3n) is 2.96. The third kappa shape index (κ3) is 3.22. The van der Waals surface area contributed by atoms with Gasteiger partial charge in [0.05, 0.1) is 5.69 Å². The van der Waals surface area contributed by atoms with Crippen LogP contribution < -0.4 is 11.1 Å². The first-order chi connectivity index (χ1) is 10.0. The summed E-state index contributed by atoms with van der Waals surface area (Å²) in [6.07, 6.45) is 0.476. The highest BCUT2D eigenvalue weighted by Crippen LogP contribution is 2.21. The van der Waals surface area contributed by atoms with Gasteiger partial charge in [-0.15, -0.1) is 0 Å². The summed E-state index contributed by atoms with van der Waals surface area (Å²) in [7, 11) is 0. The molecule has 6 heteroatoms. The molecule has 0 saturated carbocycles. The second-order valence-electron chi connectivity index (χ2n) is 4.37. The summed E-state index contributed by atoms with van der Waals surface area (Å²) in [6, 6.07) is 8.40. The van der Waals surface area contributed by atoms with E-state index < -0.39 is 29.0 Å².